The van der Waals surface area contributed by atoms with Crippen LogP contribution in [-0.2, 0) is 9.59 Å². The van der Waals surface area contributed by atoms with Crippen molar-refractivity contribution in [3.05, 3.63) is 24.3 Å². The van der Waals surface area contributed by atoms with E-state index >= 15 is 0 Å². The van der Waals surface area contributed by atoms with Crippen LogP contribution in [0.5, 0.6) is 11.5 Å². The highest BCUT2D eigenvalue weighted by Crippen LogP contribution is 2.24. The van der Waals surface area contributed by atoms with Gasteiger partial charge in [0.25, 0.3) is 5.91 Å². The molecule has 0 spiro atoms. The second kappa shape index (κ2) is 5.60. The second-order valence-electron chi connectivity index (χ2n) is 4.34. The fourth-order valence-corrected chi connectivity index (χ4v) is 2.12. The Balaban J connectivity index is 1.95. The molecule has 0 aliphatic carbocycles. The number of benzene rings is 1. The average molecular weight is 265 g/mol. The topological polar surface area (TPSA) is 87.1 Å². The van der Waals surface area contributed by atoms with Gasteiger partial charge in [-0.3, -0.25) is 4.79 Å². The zero-order valence-corrected chi connectivity index (χ0v) is 10.3. The van der Waals surface area contributed by atoms with E-state index in [9.17, 15) is 14.7 Å². The smallest absolute Gasteiger partial charge is 0.326 e. The summed E-state index contributed by atoms with van der Waals surface area (Å²) in [6.07, 6.45) is 1.15. The van der Waals surface area contributed by atoms with Gasteiger partial charge in [-0.15, -0.1) is 0 Å². The van der Waals surface area contributed by atoms with Crippen LogP contribution in [0.4, 0.5) is 0 Å². The molecule has 1 saturated heterocycles. The van der Waals surface area contributed by atoms with Crippen molar-refractivity contribution in [2.75, 3.05) is 13.2 Å². The molecule has 1 aliphatic rings. The van der Waals surface area contributed by atoms with Crippen molar-refractivity contribution in [2.45, 2.75) is 18.9 Å². The number of rotatable bonds is 4. The quantitative estimate of drug-likeness (QED) is 0.842. The van der Waals surface area contributed by atoms with Gasteiger partial charge in [-0.25, -0.2) is 4.79 Å². The Kier molecular flexibility index (Phi) is 3.89. The van der Waals surface area contributed by atoms with E-state index in [1.807, 2.05) is 0 Å². The maximum atomic E-state index is 11.9. The Morgan fingerprint density at radius 2 is 2.11 bits per heavy atom. The van der Waals surface area contributed by atoms with Gasteiger partial charge in [0.15, 0.2) is 18.1 Å². The SMILES string of the molecule is O=C(O)C1CCCN1C(=O)COc1ccccc1O. The molecule has 102 valence electrons. The van der Waals surface area contributed by atoms with Crippen molar-refractivity contribution in [3.63, 3.8) is 0 Å². The highest BCUT2D eigenvalue weighted by atomic mass is 16.5. The van der Waals surface area contributed by atoms with Crippen molar-refractivity contribution >= 4 is 11.9 Å². The van der Waals surface area contributed by atoms with Crippen molar-refractivity contribution in [3.8, 4) is 11.5 Å². The lowest BCUT2D eigenvalue weighted by Crippen LogP contribution is -2.42. The molecule has 2 rings (SSSR count). The molecule has 1 heterocycles. The number of phenolic OH excluding ortho intramolecular Hbond substituents is 1. The molecule has 6 nitrogen and oxygen atoms in total. The predicted octanol–water partition coefficient (Wildman–Crippen LogP) is 0.847. The molecule has 1 aromatic carbocycles. The summed E-state index contributed by atoms with van der Waals surface area (Å²) in [4.78, 5) is 24.2. The molecule has 2 N–H and O–H groups in total. The minimum atomic E-state index is -0.992. The van der Waals surface area contributed by atoms with E-state index in [0.29, 0.717) is 19.4 Å². The monoisotopic (exact) mass is 265 g/mol. The Labute approximate surface area is 110 Å². The molecule has 0 bridgehead atoms. The van der Waals surface area contributed by atoms with Crippen LogP contribution in [0.15, 0.2) is 24.3 Å². The highest BCUT2D eigenvalue weighted by Gasteiger charge is 2.33. The van der Waals surface area contributed by atoms with E-state index in [4.69, 9.17) is 9.84 Å². The second-order valence-corrected chi connectivity index (χ2v) is 4.34. The third kappa shape index (κ3) is 2.96. The number of ether oxygens (including phenoxy) is 1. The van der Waals surface area contributed by atoms with Gasteiger partial charge in [-0.1, -0.05) is 12.1 Å². The van der Waals surface area contributed by atoms with E-state index in [-0.39, 0.29) is 24.0 Å². The van der Waals surface area contributed by atoms with Gasteiger partial charge >= 0.3 is 5.97 Å². The Hall–Kier alpha value is -2.24. The summed E-state index contributed by atoms with van der Waals surface area (Å²) in [6, 6.07) is 5.55. The van der Waals surface area contributed by atoms with Crippen molar-refractivity contribution in [1.29, 1.82) is 0 Å². The number of phenols is 1. The van der Waals surface area contributed by atoms with Crippen LogP contribution in [-0.4, -0.2) is 46.2 Å². The van der Waals surface area contributed by atoms with Crippen molar-refractivity contribution in [2.24, 2.45) is 0 Å². The summed E-state index contributed by atoms with van der Waals surface area (Å²) in [5.74, 6) is -1.21. The van der Waals surface area contributed by atoms with Gasteiger partial charge in [0, 0.05) is 6.54 Å². The third-order valence-electron chi connectivity index (χ3n) is 3.07. The van der Waals surface area contributed by atoms with Gasteiger partial charge < -0.3 is 19.8 Å². The molecule has 1 unspecified atom stereocenters. The molecule has 1 aliphatic heterocycles. The number of nitrogens with zero attached hydrogens (tertiary/aromatic N) is 1. The number of carboxylic acid groups (broad SMARTS) is 1. The first-order chi connectivity index (χ1) is 9.09. The number of hydrogen-bond acceptors (Lipinski definition) is 4. The van der Waals surface area contributed by atoms with E-state index < -0.39 is 12.0 Å². The molecule has 19 heavy (non-hydrogen) atoms. The largest absolute Gasteiger partial charge is 0.504 e. The number of amides is 1. The van der Waals surface area contributed by atoms with Crippen LogP contribution in [0, 0.1) is 0 Å². The molecular formula is C13H15NO5. The van der Waals surface area contributed by atoms with Crippen LogP contribution < -0.4 is 4.74 Å². The first-order valence-electron chi connectivity index (χ1n) is 6.02. The van der Waals surface area contributed by atoms with Gasteiger partial charge in [0.05, 0.1) is 0 Å². The molecule has 0 aromatic heterocycles. The van der Waals surface area contributed by atoms with E-state index in [1.165, 1.54) is 11.0 Å². The van der Waals surface area contributed by atoms with Crippen molar-refractivity contribution in [1.82, 2.24) is 4.90 Å². The number of para-hydroxylation sites is 2. The number of carbonyl (C=O) groups is 2. The molecule has 1 aromatic rings. The summed E-state index contributed by atoms with van der Waals surface area (Å²) >= 11 is 0. The summed E-state index contributed by atoms with van der Waals surface area (Å²) in [7, 11) is 0. The molecule has 1 fully saturated rings. The first kappa shape index (κ1) is 13.2. The van der Waals surface area contributed by atoms with E-state index in [0.717, 1.165) is 0 Å². The van der Waals surface area contributed by atoms with Gasteiger partial charge in [0.2, 0.25) is 0 Å². The standard InChI is InChI=1S/C13H15NO5/c15-10-5-1-2-6-11(10)19-8-12(16)14-7-3-4-9(14)13(17)18/h1-2,5-6,9,15H,3-4,7-8H2,(H,17,18). The normalized spacial score (nSPS) is 18.3. The zero-order valence-electron chi connectivity index (χ0n) is 10.3. The molecule has 1 atom stereocenters. The number of carbonyl (C=O) groups excluding carboxylic acids is 1. The van der Waals surface area contributed by atoms with E-state index in [1.54, 1.807) is 18.2 Å². The molecule has 6 heteroatoms. The lowest BCUT2D eigenvalue weighted by molar-refractivity contribution is -0.149. The maximum Gasteiger partial charge on any atom is 0.326 e. The number of aromatic hydroxyl groups is 1. The molecule has 0 radical (unpaired) electrons. The van der Waals surface area contributed by atoms with E-state index in [2.05, 4.69) is 0 Å². The van der Waals surface area contributed by atoms with Crippen LogP contribution in [0.1, 0.15) is 12.8 Å². The van der Waals surface area contributed by atoms with Gasteiger partial charge in [0.1, 0.15) is 6.04 Å². The van der Waals surface area contributed by atoms with Crippen LogP contribution in [0.2, 0.25) is 0 Å². The van der Waals surface area contributed by atoms with Gasteiger partial charge in [-0.2, -0.15) is 0 Å². The lowest BCUT2D eigenvalue weighted by atomic mass is 10.2. The molecule has 0 saturated carbocycles. The number of hydrogen-bond donors (Lipinski definition) is 2. The summed E-state index contributed by atoms with van der Waals surface area (Å²) in [6.45, 7) is 0.154. The third-order valence-corrected chi connectivity index (χ3v) is 3.07. The fraction of sp³-hybridized carbons (Fsp3) is 0.385. The lowest BCUT2D eigenvalue weighted by Gasteiger charge is -2.21. The molecular weight excluding hydrogens is 250 g/mol. The minimum absolute atomic E-state index is 0.0495. The fourth-order valence-electron chi connectivity index (χ4n) is 2.12. The Morgan fingerprint density at radius 3 is 2.79 bits per heavy atom. The Bertz CT molecular complexity index is 488. The number of aliphatic carboxylic acids is 1. The Morgan fingerprint density at radius 1 is 1.37 bits per heavy atom. The van der Waals surface area contributed by atoms with Crippen molar-refractivity contribution < 1.29 is 24.5 Å². The minimum Gasteiger partial charge on any atom is -0.504 e. The maximum absolute atomic E-state index is 11.9. The summed E-state index contributed by atoms with van der Waals surface area (Å²) in [5, 5.41) is 18.5. The van der Waals surface area contributed by atoms with Crippen LogP contribution >= 0.6 is 0 Å². The summed E-state index contributed by atoms with van der Waals surface area (Å²) < 4.78 is 5.20. The first-order valence-corrected chi connectivity index (χ1v) is 6.02. The summed E-state index contributed by atoms with van der Waals surface area (Å²) in [5.41, 5.74) is 0. The van der Waals surface area contributed by atoms with Gasteiger partial charge in [-0.05, 0) is 25.0 Å². The van der Waals surface area contributed by atoms with Crippen LogP contribution in [0.3, 0.4) is 0 Å². The predicted molar refractivity (Wildman–Crippen MR) is 66.0 cm³/mol. The number of carboxylic acids is 1. The van der Waals surface area contributed by atoms with Crippen LogP contribution in [0.25, 0.3) is 0 Å². The zero-order chi connectivity index (χ0) is 13.8. The average Bonchev–Trinajstić information content (AvgIpc) is 2.87. The highest BCUT2D eigenvalue weighted by molar-refractivity contribution is 5.85. The number of likely N-dealkylation sites (tertiary alicyclic amines) is 1. The molecule has 1 amide bonds.